The summed E-state index contributed by atoms with van der Waals surface area (Å²) < 4.78 is 0. The molecule has 14 heavy (non-hydrogen) atoms. The van der Waals surface area contributed by atoms with Gasteiger partial charge in [0.25, 0.3) is 0 Å². The molecule has 1 unspecified atom stereocenters. The number of carbonyl (C=O) groups is 1. The summed E-state index contributed by atoms with van der Waals surface area (Å²) in [6.07, 6.45) is 5.49. The van der Waals surface area contributed by atoms with Crippen molar-refractivity contribution in [2.45, 2.75) is 58.0 Å². The van der Waals surface area contributed by atoms with Crippen molar-refractivity contribution in [2.24, 2.45) is 5.92 Å². The predicted octanol–water partition coefficient (Wildman–Crippen LogP) is 2.02. The second kappa shape index (κ2) is 5.35. The SMILES string of the molecule is CC(CC(=O)O)N[C@H](C)C1CCCC1. The van der Waals surface area contributed by atoms with Crippen LogP contribution in [-0.2, 0) is 4.79 Å². The average molecular weight is 199 g/mol. The van der Waals surface area contributed by atoms with Crippen LogP contribution in [0.25, 0.3) is 0 Å². The first kappa shape index (κ1) is 11.5. The van der Waals surface area contributed by atoms with Gasteiger partial charge in [0.1, 0.15) is 0 Å². The second-order valence-electron chi connectivity index (χ2n) is 4.50. The summed E-state index contributed by atoms with van der Waals surface area (Å²) in [5.41, 5.74) is 0. The lowest BCUT2D eigenvalue weighted by Gasteiger charge is -2.23. The molecule has 0 heterocycles. The summed E-state index contributed by atoms with van der Waals surface area (Å²) in [6, 6.07) is 0.551. The quantitative estimate of drug-likeness (QED) is 0.712. The fraction of sp³-hybridized carbons (Fsp3) is 0.909. The van der Waals surface area contributed by atoms with Crippen LogP contribution in [0.4, 0.5) is 0 Å². The Morgan fingerprint density at radius 2 is 2.00 bits per heavy atom. The fourth-order valence-corrected chi connectivity index (χ4v) is 2.36. The molecule has 0 radical (unpaired) electrons. The first-order chi connectivity index (χ1) is 6.59. The number of hydrogen-bond donors (Lipinski definition) is 2. The molecule has 3 heteroatoms. The molecule has 1 saturated carbocycles. The Morgan fingerprint density at radius 3 is 2.50 bits per heavy atom. The normalized spacial score (nSPS) is 22.1. The van der Waals surface area contributed by atoms with Crippen LogP contribution in [0, 0.1) is 5.92 Å². The van der Waals surface area contributed by atoms with E-state index in [2.05, 4.69) is 12.2 Å². The van der Waals surface area contributed by atoms with Gasteiger partial charge in [-0.05, 0) is 32.6 Å². The van der Waals surface area contributed by atoms with E-state index in [0.717, 1.165) is 5.92 Å². The Kier molecular flexibility index (Phi) is 4.39. The van der Waals surface area contributed by atoms with Gasteiger partial charge in [0.15, 0.2) is 0 Å². The standard InChI is InChI=1S/C11H21NO2/c1-8(7-11(13)14)12-9(2)10-5-3-4-6-10/h8-10,12H,3-7H2,1-2H3,(H,13,14)/t8?,9-/m1/s1. The number of hydrogen-bond acceptors (Lipinski definition) is 2. The zero-order valence-corrected chi connectivity index (χ0v) is 9.12. The maximum Gasteiger partial charge on any atom is 0.304 e. The van der Waals surface area contributed by atoms with Crippen molar-refractivity contribution in [1.82, 2.24) is 5.32 Å². The number of carboxylic acids is 1. The minimum atomic E-state index is -0.719. The minimum absolute atomic E-state index is 0.0862. The molecule has 1 rings (SSSR count). The third-order valence-electron chi connectivity index (χ3n) is 3.14. The summed E-state index contributed by atoms with van der Waals surface area (Å²) in [5.74, 6) is 0.0369. The highest BCUT2D eigenvalue weighted by Gasteiger charge is 2.22. The van der Waals surface area contributed by atoms with Crippen LogP contribution in [0.15, 0.2) is 0 Å². The fourth-order valence-electron chi connectivity index (χ4n) is 2.36. The Labute approximate surface area is 85.9 Å². The van der Waals surface area contributed by atoms with Gasteiger partial charge >= 0.3 is 5.97 Å². The summed E-state index contributed by atoms with van der Waals surface area (Å²) >= 11 is 0. The van der Waals surface area contributed by atoms with E-state index in [1.165, 1.54) is 25.7 Å². The second-order valence-corrected chi connectivity index (χ2v) is 4.50. The molecule has 1 aliphatic carbocycles. The lowest BCUT2D eigenvalue weighted by atomic mass is 9.99. The molecular weight excluding hydrogens is 178 g/mol. The third kappa shape index (κ3) is 3.66. The van der Waals surface area contributed by atoms with E-state index in [4.69, 9.17) is 5.11 Å². The largest absolute Gasteiger partial charge is 0.481 e. The van der Waals surface area contributed by atoms with Crippen LogP contribution in [0.3, 0.4) is 0 Å². The summed E-state index contributed by atoms with van der Waals surface area (Å²) in [6.45, 7) is 4.12. The van der Waals surface area contributed by atoms with Crippen molar-refractivity contribution < 1.29 is 9.90 Å². The Hall–Kier alpha value is -0.570. The third-order valence-corrected chi connectivity index (χ3v) is 3.14. The van der Waals surface area contributed by atoms with Gasteiger partial charge < -0.3 is 10.4 Å². The molecule has 2 atom stereocenters. The molecule has 0 aromatic rings. The first-order valence-electron chi connectivity index (χ1n) is 5.57. The van der Waals surface area contributed by atoms with Crippen LogP contribution in [0.1, 0.15) is 46.0 Å². The van der Waals surface area contributed by atoms with E-state index < -0.39 is 5.97 Å². The van der Waals surface area contributed by atoms with E-state index in [0.29, 0.717) is 6.04 Å². The van der Waals surface area contributed by atoms with Gasteiger partial charge in [-0.25, -0.2) is 0 Å². The number of carboxylic acid groups (broad SMARTS) is 1. The highest BCUT2D eigenvalue weighted by molar-refractivity contribution is 5.67. The predicted molar refractivity (Wildman–Crippen MR) is 56.3 cm³/mol. The molecule has 3 nitrogen and oxygen atoms in total. The van der Waals surface area contributed by atoms with Crippen LogP contribution in [0.5, 0.6) is 0 Å². The van der Waals surface area contributed by atoms with Crippen molar-refractivity contribution in [1.29, 1.82) is 0 Å². The monoisotopic (exact) mass is 199 g/mol. The Bertz CT molecular complexity index is 188. The molecule has 82 valence electrons. The van der Waals surface area contributed by atoms with Gasteiger partial charge in [-0.3, -0.25) is 4.79 Å². The van der Waals surface area contributed by atoms with E-state index in [-0.39, 0.29) is 12.5 Å². The molecule has 1 aliphatic rings. The Morgan fingerprint density at radius 1 is 1.43 bits per heavy atom. The zero-order chi connectivity index (χ0) is 10.6. The smallest absolute Gasteiger partial charge is 0.304 e. The maximum atomic E-state index is 10.5. The Balaban J connectivity index is 2.24. The summed E-state index contributed by atoms with van der Waals surface area (Å²) in [7, 11) is 0. The summed E-state index contributed by atoms with van der Waals surface area (Å²) in [5, 5.41) is 12.0. The molecule has 0 aromatic heterocycles. The molecule has 1 fully saturated rings. The number of rotatable bonds is 5. The van der Waals surface area contributed by atoms with E-state index in [9.17, 15) is 4.79 Å². The van der Waals surface area contributed by atoms with E-state index in [1.807, 2.05) is 6.92 Å². The molecule has 0 saturated heterocycles. The molecule has 0 aromatic carbocycles. The van der Waals surface area contributed by atoms with Gasteiger partial charge in [-0.15, -0.1) is 0 Å². The number of nitrogens with one attached hydrogen (secondary N) is 1. The number of aliphatic carboxylic acids is 1. The van der Waals surface area contributed by atoms with Gasteiger partial charge in [0, 0.05) is 12.1 Å². The highest BCUT2D eigenvalue weighted by atomic mass is 16.4. The van der Waals surface area contributed by atoms with Crippen molar-refractivity contribution in [2.75, 3.05) is 0 Å². The van der Waals surface area contributed by atoms with E-state index in [1.54, 1.807) is 0 Å². The zero-order valence-electron chi connectivity index (χ0n) is 9.12. The average Bonchev–Trinajstić information content (AvgIpc) is 2.53. The van der Waals surface area contributed by atoms with Crippen molar-refractivity contribution in [3.8, 4) is 0 Å². The van der Waals surface area contributed by atoms with Crippen LogP contribution >= 0.6 is 0 Å². The van der Waals surface area contributed by atoms with Crippen molar-refractivity contribution in [3.63, 3.8) is 0 Å². The van der Waals surface area contributed by atoms with Gasteiger partial charge in [-0.1, -0.05) is 12.8 Å². The van der Waals surface area contributed by atoms with Gasteiger partial charge in [-0.2, -0.15) is 0 Å². The van der Waals surface area contributed by atoms with Gasteiger partial charge in [0.05, 0.1) is 6.42 Å². The maximum absolute atomic E-state index is 10.5. The summed E-state index contributed by atoms with van der Waals surface area (Å²) in [4.78, 5) is 10.5. The molecule has 2 N–H and O–H groups in total. The molecule has 0 aliphatic heterocycles. The van der Waals surface area contributed by atoms with Crippen molar-refractivity contribution in [3.05, 3.63) is 0 Å². The highest BCUT2D eigenvalue weighted by Crippen LogP contribution is 2.27. The lowest BCUT2D eigenvalue weighted by molar-refractivity contribution is -0.137. The topological polar surface area (TPSA) is 49.3 Å². The lowest BCUT2D eigenvalue weighted by Crippen LogP contribution is -2.39. The molecular formula is C11H21NO2. The molecule has 0 spiro atoms. The first-order valence-corrected chi connectivity index (χ1v) is 5.57. The molecule has 0 bridgehead atoms. The van der Waals surface area contributed by atoms with Crippen molar-refractivity contribution >= 4 is 5.97 Å². The van der Waals surface area contributed by atoms with Gasteiger partial charge in [0.2, 0.25) is 0 Å². The van der Waals surface area contributed by atoms with E-state index >= 15 is 0 Å². The van der Waals surface area contributed by atoms with Crippen LogP contribution < -0.4 is 5.32 Å². The van der Waals surface area contributed by atoms with Crippen LogP contribution in [0.2, 0.25) is 0 Å². The molecule has 0 amide bonds. The minimum Gasteiger partial charge on any atom is -0.481 e. The van der Waals surface area contributed by atoms with Crippen LogP contribution in [-0.4, -0.2) is 23.2 Å².